The van der Waals surface area contributed by atoms with Crippen molar-refractivity contribution in [3.05, 3.63) is 51.0 Å². The summed E-state index contributed by atoms with van der Waals surface area (Å²) in [4.78, 5) is 15.9. The van der Waals surface area contributed by atoms with Crippen LogP contribution in [0.25, 0.3) is 0 Å². The molecule has 0 saturated carbocycles. The van der Waals surface area contributed by atoms with Gasteiger partial charge in [0.1, 0.15) is 5.56 Å². The van der Waals surface area contributed by atoms with Crippen molar-refractivity contribution in [1.29, 1.82) is 0 Å². The van der Waals surface area contributed by atoms with Gasteiger partial charge >= 0.3 is 6.18 Å². The number of pyridine rings is 1. The van der Waals surface area contributed by atoms with E-state index in [9.17, 15) is 18.0 Å². The molecule has 0 atom stereocenters. The molecule has 23 heavy (non-hydrogen) atoms. The van der Waals surface area contributed by atoms with Crippen molar-refractivity contribution in [1.82, 2.24) is 4.98 Å². The van der Waals surface area contributed by atoms with Crippen LogP contribution < -0.4 is 10.1 Å². The van der Waals surface area contributed by atoms with Gasteiger partial charge in [-0.3, -0.25) is 4.79 Å². The molecule has 1 heterocycles. The zero-order valence-corrected chi connectivity index (χ0v) is 14.5. The van der Waals surface area contributed by atoms with Crippen LogP contribution in [-0.4, -0.2) is 23.7 Å². The van der Waals surface area contributed by atoms with Gasteiger partial charge in [0.05, 0.1) is 5.69 Å². The molecule has 0 unspecified atom stereocenters. The maximum Gasteiger partial charge on any atom is 0.422 e. The van der Waals surface area contributed by atoms with E-state index in [0.717, 1.165) is 4.47 Å². The molecule has 0 aliphatic carbocycles. The van der Waals surface area contributed by atoms with Crippen LogP contribution in [0.2, 0.25) is 0 Å². The number of aromatic nitrogens is 1. The van der Waals surface area contributed by atoms with E-state index in [1.165, 1.54) is 18.3 Å². The van der Waals surface area contributed by atoms with Crippen molar-refractivity contribution in [2.24, 2.45) is 0 Å². The lowest BCUT2D eigenvalue weighted by Gasteiger charge is -2.12. The van der Waals surface area contributed by atoms with Crippen molar-refractivity contribution >= 4 is 43.5 Å². The molecular formula is C14H9Br2F3N2O2. The Morgan fingerprint density at radius 1 is 1.26 bits per heavy atom. The van der Waals surface area contributed by atoms with Gasteiger partial charge in [0.2, 0.25) is 5.88 Å². The third-order valence-corrected chi connectivity index (χ3v) is 3.72. The smallest absolute Gasteiger partial charge is 0.422 e. The van der Waals surface area contributed by atoms with Crippen molar-refractivity contribution < 1.29 is 22.7 Å². The molecule has 0 fully saturated rings. The maximum absolute atomic E-state index is 12.3. The molecule has 9 heteroatoms. The Morgan fingerprint density at radius 2 is 2.00 bits per heavy atom. The highest BCUT2D eigenvalue weighted by Gasteiger charge is 2.29. The third kappa shape index (κ3) is 5.21. The lowest BCUT2D eigenvalue weighted by molar-refractivity contribution is -0.154. The fourth-order valence-corrected chi connectivity index (χ4v) is 2.76. The zero-order valence-electron chi connectivity index (χ0n) is 11.3. The molecular weight excluding hydrogens is 445 g/mol. The zero-order chi connectivity index (χ0) is 17.0. The van der Waals surface area contributed by atoms with Crippen LogP contribution in [0.15, 0.2) is 45.5 Å². The molecule has 2 aromatic rings. The predicted octanol–water partition coefficient (Wildman–Crippen LogP) is 4.80. The minimum atomic E-state index is -4.51. The number of benzene rings is 1. The Hall–Kier alpha value is -1.61. The van der Waals surface area contributed by atoms with E-state index >= 15 is 0 Å². The predicted molar refractivity (Wildman–Crippen MR) is 85.6 cm³/mol. The van der Waals surface area contributed by atoms with Gasteiger partial charge in [0.15, 0.2) is 6.61 Å². The molecule has 0 aliphatic rings. The number of carbonyl (C=O) groups excluding carboxylic acids is 1. The van der Waals surface area contributed by atoms with Gasteiger partial charge in [-0.25, -0.2) is 4.98 Å². The summed E-state index contributed by atoms with van der Waals surface area (Å²) in [5, 5.41) is 2.58. The second-order valence-electron chi connectivity index (χ2n) is 4.34. The van der Waals surface area contributed by atoms with Gasteiger partial charge in [-0.15, -0.1) is 0 Å². The summed E-state index contributed by atoms with van der Waals surface area (Å²) in [6, 6.07) is 7.84. The number of halogens is 5. The Bertz CT molecular complexity index is 723. The second-order valence-corrected chi connectivity index (χ2v) is 6.11. The van der Waals surface area contributed by atoms with Crippen LogP contribution in [-0.2, 0) is 0 Å². The molecule has 122 valence electrons. The summed E-state index contributed by atoms with van der Waals surface area (Å²) < 4.78 is 42.8. The molecule has 2 rings (SSSR count). The van der Waals surface area contributed by atoms with E-state index in [0.29, 0.717) is 10.2 Å². The summed E-state index contributed by atoms with van der Waals surface area (Å²) in [6.45, 7) is -1.52. The Labute approximate surface area is 146 Å². The van der Waals surface area contributed by atoms with Gasteiger partial charge < -0.3 is 10.1 Å². The van der Waals surface area contributed by atoms with Crippen LogP contribution in [0.1, 0.15) is 10.4 Å². The molecule has 0 radical (unpaired) electrons. The van der Waals surface area contributed by atoms with E-state index in [4.69, 9.17) is 0 Å². The summed E-state index contributed by atoms with van der Waals surface area (Å²) in [7, 11) is 0. The summed E-state index contributed by atoms with van der Waals surface area (Å²) in [6.07, 6.45) is -3.27. The number of anilines is 1. The SMILES string of the molecule is O=C(Nc1ccc(Br)cc1Br)c1cccnc1OCC(F)(F)F. The van der Waals surface area contributed by atoms with Crippen molar-refractivity contribution in [2.45, 2.75) is 6.18 Å². The Balaban J connectivity index is 2.19. The Morgan fingerprint density at radius 3 is 2.65 bits per heavy atom. The van der Waals surface area contributed by atoms with Crippen molar-refractivity contribution in [3.8, 4) is 5.88 Å². The number of nitrogens with one attached hydrogen (secondary N) is 1. The number of carbonyl (C=O) groups is 1. The van der Waals surface area contributed by atoms with Crippen LogP contribution in [0.3, 0.4) is 0 Å². The van der Waals surface area contributed by atoms with Crippen LogP contribution in [0.5, 0.6) is 5.88 Å². The maximum atomic E-state index is 12.3. The largest absolute Gasteiger partial charge is 0.467 e. The molecule has 0 bridgehead atoms. The average molecular weight is 454 g/mol. The molecule has 1 aromatic heterocycles. The number of alkyl halides is 3. The summed E-state index contributed by atoms with van der Waals surface area (Å²) in [5.41, 5.74) is 0.371. The topological polar surface area (TPSA) is 51.2 Å². The van der Waals surface area contributed by atoms with Crippen LogP contribution in [0.4, 0.5) is 18.9 Å². The first-order chi connectivity index (χ1) is 10.8. The van der Waals surface area contributed by atoms with E-state index < -0.39 is 18.7 Å². The minimum Gasteiger partial charge on any atom is -0.467 e. The van der Waals surface area contributed by atoms with Crippen LogP contribution in [0, 0.1) is 0 Å². The number of rotatable bonds is 4. The highest BCUT2D eigenvalue weighted by atomic mass is 79.9. The monoisotopic (exact) mass is 452 g/mol. The Kier molecular flexibility index (Phi) is 5.64. The highest BCUT2D eigenvalue weighted by molar-refractivity contribution is 9.11. The summed E-state index contributed by atoms with van der Waals surface area (Å²) >= 11 is 6.56. The quantitative estimate of drug-likeness (QED) is 0.723. The number of ether oxygens (including phenoxy) is 1. The first-order valence-electron chi connectivity index (χ1n) is 6.17. The van der Waals surface area contributed by atoms with E-state index in [2.05, 4.69) is 46.9 Å². The van der Waals surface area contributed by atoms with Gasteiger partial charge in [0.25, 0.3) is 5.91 Å². The number of hydrogen-bond acceptors (Lipinski definition) is 3. The molecule has 1 amide bonds. The lowest BCUT2D eigenvalue weighted by atomic mass is 10.2. The minimum absolute atomic E-state index is 0.0911. The first-order valence-corrected chi connectivity index (χ1v) is 7.76. The molecule has 0 aliphatic heterocycles. The van der Waals surface area contributed by atoms with Gasteiger partial charge in [0, 0.05) is 15.1 Å². The fourth-order valence-electron chi connectivity index (χ4n) is 1.61. The number of nitrogens with zero attached hydrogens (tertiary/aromatic N) is 1. The molecule has 0 saturated heterocycles. The lowest BCUT2D eigenvalue weighted by Crippen LogP contribution is -2.22. The second kappa shape index (κ2) is 7.31. The van der Waals surface area contributed by atoms with Crippen molar-refractivity contribution in [3.63, 3.8) is 0 Å². The normalized spacial score (nSPS) is 11.2. The van der Waals surface area contributed by atoms with E-state index in [1.54, 1.807) is 18.2 Å². The van der Waals surface area contributed by atoms with Crippen molar-refractivity contribution in [2.75, 3.05) is 11.9 Å². The number of hydrogen-bond donors (Lipinski definition) is 1. The van der Waals surface area contributed by atoms with Gasteiger partial charge in [-0.05, 0) is 46.3 Å². The molecule has 1 N–H and O–H groups in total. The number of amides is 1. The molecule has 1 aromatic carbocycles. The van der Waals surface area contributed by atoms with Gasteiger partial charge in [-0.1, -0.05) is 15.9 Å². The summed E-state index contributed by atoms with van der Waals surface area (Å²) in [5.74, 6) is -1.01. The molecule has 4 nitrogen and oxygen atoms in total. The standard InChI is InChI=1S/C14H9Br2F3N2O2/c15-8-3-4-11(10(16)6-8)21-12(22)9-2-1-5-20-13(9)23-7-14(17,18)19/h1-6H,7H2,(H,21,22). The van der Waals surface area contributed by atoms with Gasteiger partial charge in [-0.2, -0.15) is 13.2 Å². The van der Waals surface area contributed by atoms with Crippen LogP contribution >= 0.6 is 31.9 Å². The average Bonchev–Trinajstić information content (AvgIpc) is 2.47. The third-order valence-electron chi connectivity index (χ3n) is 2.57. The fraction of sp³-hybridized carbons (Fsp3) is 0.143. The molecule has 0 spiro atoms. The van der Waals surface area contributed by atoms with E-state index in [1.807, 2.05) is 0 Å². The van der Waals surface area contributed by atoms with E-state index in [-0.39, 0.29) is 11.4 Å². The highest BCUT2D eigenvalue weighted by Crippen LogP contribution is 2.27. The first kappa shape index (κ1) is 17.7.